The molecule has 0 atom stereocenters. The number of nitrogens with zero attached hydrogens (tertiary/aromatic N) is 1. The van der Waals surface area contributed by atoms with E-state index in [9.17, 15) is 13.6 Å². The van der Waals surface area contributed by atoms with Gasteiger partial charge >= 0.3 is 5.97 Å². The molecule has 0 saturated heterocycles. The van der Waals surface area contributed by atoms with Gasteiger partial charge in [-0.3, -0.25) is 0 Å². The molecule has 0 unspecified atom stereocenters. The predicted octanol–water partition coefficient (Wildman–Crippen LogP) is 2.74. The minimum atomic E-state index is -1.49. The lowest BCUT2D eigenvalue weighted by molar-refractivity contribution is 0.0692. The lowest BCUT2D eigenvalue weighted by atomic mass is 10.1. The molecule has 5 nitrogen and oxygen atoms in total. The van der Waals surface area contributed by atoms with Gasteiger partial charge in [0.1, 0.15) is 23.5 Å². The molecule has 0 aliphatic carbocycles. The highest BCUT2D eigenvalue weighted by Crippen LogP contribution is 2.20. The quantitative estimate of drug-likeness (QED) is 0.898. The largest absolute Gasteiger partial charge is 0.478 e. The van der Waals surface area contributed by atoms with Crippen molar-refractivity contribution in [3.05, 3.63) is 53.0 Å². The second-order valence-corrected chi connectivity index (χ2v) is 3.85. The third-order valence-corrected chi connectivity index (χ3v) is 2.51. The molecule has 2 N–H and O–H groups in total. The Kier molecular flexibility index (Phi) is 3.66. The molecule has 2 aromatic rings. The van der Waals surface area contributed by atoms with E-state index in [1.54, 1.807) is 6.07 Å². The van der Waals surface area contributed by atoms with Crippen molar-refractivity contribution in [3.63, 3.8) is 0 Å². The second kappa shape index (κ2) is 5.40. The van der Waals surface area contributed by atoms with Crippen LogP contribution in [0.5, 0.6) is 0 Å². The van der Waals surface area contributed by atoms with Gasteiger partial charge in [0.25, 0.3) is 0 Å². The highest BCUT2D eigenvalue weighted by atomic mass is 19.1. The Morgan fingerprint density at radius 2 is 2.10 bits per heavy atom. The summed E-state index contributed by atoms with van der Waals surface area (Å²) in [6.45, 7) is 0.0310. The van der Waals surface area contributed by atoms with Crippen LogP contribution in [0.3, 0.4) is 0 Å². The minimum absolute atomic E-state index is 0.0310. The number of carbonyl (C=O) groups is 1. The summed E-state index contributed by atoms with van der Waals surface area (Å²) in [4.78, 5) is 10.8. The predicted molar refractivity (Wildman–Crippen MR) is 64.1 cm³/mol. The maximum absolute atomic E-state index is 13.5. The number of benzene rings is 1. The van der Waals surface area contributed by atoms with E-state index in [-0.39, 0.29) is 18.0 Å². The van der Waals surface area contributed by atoms with Crippen LogP contribution in [-0.2, 0) is 6.54 Å². The maximum Gasteiger partial charge on any atom is 0.338 e. The van der Waals surface area contributed by atoms with E-state index in [2.05, 4.69) is 5.32 Å². The van der Waals surface area contributed by atoms with Crippen LogP contribution in [0.2, 0.25) is 0 Å². The van der Waals surface area contributed by atoms with Crippen molar-refractivity contribution in [2.24, 2.45) is 0 Å². The SMILES string of the molecule is N#Cc1ccc(CNc2cc(C(=O)O)c(F)cc2F)o1. The minimum Gasteiger partial charge on any atom is -0.478 e. The van der Waals surface area contributed by atoms with Gasteiger partial charge in [-0.2, -0.15) is 5.26 Å². The van der Waals surface area contributed by atoms with E-state index < -0.39 is 23.2 Å². The molecule has 7 heteroatoms. The van der Waals surface area contributed by atoms with Gasteiger partial charge in [-0.05, 0) is 18.2 Å². The van der Waals surface area contributed by atoms with E-state index in [1.165, 1.54) is 12.1 Å². The normalized spacial score (nSPS) is 10.1. The van der Waals surface area contributed by atoms with Crippen LogP contribution in [0, 0.1) is 23.0 Å². The van der Waals surface area contributed by atoms with Crippen molar-refractivity contribution in [1.29, 1.82) is 5.26 Å². The van der Waals surface area contributed by atoms with E-state index in [0.29, 0.717) is 11.8 Å². The Balaban J connectivity index is 2.19. The summed E-state index contributed by atoms with van der Waals surface area (Å²) >= 11 is 0. The molecular weight excluding hydrogens is 270 g/mol. The first-order valence-corrected chi connectivity index (χ1v) is 5.46. The zero-order valence-corrected chi connectivity index (χ0v) is 9.98. The van der Waals surface area contributed by atoms with E-state index >= 15 is 0 Å². The van der Waals surface area contributed by atoms with Crippen LogP contribution in [0.4, 0.5) is 14.5 Å². The Morgan fingerprint density at radius 3 is 2.70 bits per heavy atom. The first kappa shape index (κ1) is 13.5. The Bertz CT molecular complexity index is 704. The fourth-order valence-electron chi connectivity index (χ4n) is 1.56. The highest BCUT2D eigenvalue weighted by molar-refractivity contribution is 5.89. The topological polar surface area (TPSA) is 86.3 Å². The van der Waals surface area contributed by atoms with Gasteiger partial charge in [0.15, 0.2) is 0 Å². The second-order valence-electron chi connectivity index (χ2n) is 3.85. The standard InChI is InChI=1S/C13H8F2N2O3/c14-10-4-11(15)12(3-9(10)13(18)19)17-6-8-2-1-7(5-16)20-8/h1-4,17H,6H2,(H,18,19). The zero-order chi connectivity index (χ0) is 14.7. The van der Waals surface area contributed by atoms with Gasteiger partial charge < -0.3 is 14.8 Å². The van der Waals surface area contributed by atoms with Crippen LogP contribution in [0.15, 0.2) is 28.7 Å². The molecule has 0 aliphatic rings. The molecule has 0 fully saturated rings. The molecule has 0 saturated carbocycles. The van der Waals surface area contributed by atoms with Crippen molar-refractivity contribution >= 4 is 11.7 Å². The number of hydrogen-bond acceptors (Lipinski definition) is 4. The van der Waals surface area contributed by atoms with Crippen LogP contribution in [0.1, 0.15) is 21.9 Å². The smallest absolute Gasteiger partial charge is 0.338 e. The molecule has 1 aromatic carbocycles. The first-order valence-electron chi connectivity index (χ1n) is 5.46. The number of rotatable bonds is 4. The fraction of sp³-hybridized carbons (Fsp3) is 0.0769. The van der Waals surface area contributed by atoms with Crippen molar-refractivity contribution in [2.45, 2.75) is 6.54 Å². The zero-order valence-electron chi connectivity index (χ0n) is 9.98. The number of aromatic carboxylic acids is 1. The summed E-state index contributed by atoms with van der Waals surface area (Å²) in [5, 5.41) is 19.9. The Morgan fingerprint density at radius 1 is 1.35 bits per heavy atom. The van der Waals surface area contributed by atoms with E-state index in [4.69, 9.17) is 14.8 Å². The number of anilines is 1. The number of nitriles is 1. The third kappa shape index (κ3) is 2.75. The molecule has 2 rings (SSSR count). The van der Waals surface area contributed by atoms with Crippen molar-refractivity contribution < 1.29 is 23.1 Å². The molecule has 0 radical (unpaired) electrons. The van der Waals surface area contributed by atoms with Crippen molar-refractivity contribution in [2.75, 3.05) is 5.32 Å². The van der Waals surface area contributed by atoms with Gasteiger partial charge in [-0.15, -0.1) is 0 Å². The number of carboxylic acid groups (broad SMARTS) is 1. The summed E-state index contributed by atoms with van der Waals surface area (Å²) in [7, 11) is 0. The number of furan rings is 1. The molecule has 0 amide bonds. The van der Waals surface area contributed by atoms with Gasteiger partial charge in [0.2, 0.25) is 5.76 Å². The Labute approximate surface area is 112 Å². The summed E-state index contributed by atoms with van der Waals surface area (Å²) in [6.07, 6.45) is 0. The maximum atomic E-state index is 13.5. The van der Waals surface area contributed by atoms with E-state index in [0.717, 1.165) is 6.07 Å². The average Bonchev–Trinajstić information content (AvgIpc) is 2.85. The molecule has 0 aliphatic heterocycles. The van der Waals surface area contributed by atoms with Gasteiger partial charge in [0, 0.05) is 6.07 Å². The van der Waals surface area contributed by atoms with E-state index in [1.807, 2.05) is 0 Å². The van der Waals surface area contributed by atoms with Crippen molar-refractivity contribution in [3.8, 4) is 6.07 Å². The van der Waals surface area contributed by atoms with Gasteiger partial charge in [0.05, 0.1) is 17.8 Å². The van der Waals surface area contributed by atoms with Gasteiger partial charge in [-0.25, -0.2) is 13.6 Å². The molecule has 1 aromatic heterocycles. The fourth-order valence-corrected chi connectivity index (χ4v) is 1.56. The Hall–Kier alpha value is -2.88. The molecule has 0 spiro atoms. The molecule has 0 bridgehead atoms. The van der Waals surface area contributed by atoms with Crippen LogP contribution in [0.25, 0.3) is 0 Å². The molecule has 20 heavy (non-hydrogen) atoms. The summed E-state index contributed by atoms with van der Waals surface area (Å²) in [5.74, 6) is -3.09. The third-order valence-electron chi connectivity index (χ3n) is 2.51. The van der Waals surface area contributed by atoms with Crippen LogP contribution < -0.4 is 5.32 Å². The summed E-state index contributed by atoms with van der Waals surface area (Å²) in [5.41, 5.74) is -0.801. The van der Waals surface area contributed by atoms with Crippen molar-refractivity contribution in [1.82, 2.24) is 0 Å². The average molecular weight is 278 g/mol. The van der Waals surface area contributed by atoms with Gasteiger partial charge in [-0.1, -0.05) is 0 Å². The molecule has 102 valence electrons. The monoisotopic (exact) mass is 278 g/mol. The lowest BCUT2D eigenvalue weighted by Crippen LogP contribution is -2.06. The highest BCUT2D eigenvalue weighted by Gasteiger charge is 2.15. The molecular formula is C13H8F2N2O3. The first-order chi connectivity index (χ1) is 9.51. The number of nitrogens with one attached hydrogen (secondary N) is 1. The molecule has 1 heterocycles. The number of hydrogen-bond donors (Lipinski definition) is 2. The number of halogens is 2. The summed E-state index contributed by atoms with van der Waals surface area (Å²) in [6, 6.07) is 6.11. The number of carboxylic acids is 1. The summed E-state index contributed by atoms with van der Waals surface area (Å²) < 4.78 is 31.7. The van der Waals surface area contributed by atoms with Crippen LogP contribution in [-0.4, -0.2) is 11.1 Å². The lowest BCUT2D eigenvalue weighted by Gasteiger charge is -2.07. The van der Waals surface area contributed by atoms with Crippen LogP contribution >= 0.6 is 0 Å².